The Labute approximate surface area is 211 Å². The standard InChI is InChI=1S/C27H31N5O4/c1-6-20-9-7-10-22(17-20)31(18-23-11-8-16-35-23)25(33)24-19(2)32(29-28-24)21-12-14-30(15-13-21)26(34)36-27(3,4)5/h1,7-11,16-17,21H,12-15,18H2,2-5H3. The predicted molar refractivity (Wildman–Crippen MR) is 134 cm³/mol. The summed E-state index contributed by atoms with van der Waals surface area (Å²) in [4.78, 5) is 29.4. The zero-order chi connectivity index (χ0) is 25.9. The Bertz CT molecular complexity index is 1260. The average molecular weight is 490 g/mol. The first kappa shape index (κ1) is 25.0. The Kier molecular flexibility index (Phi) is 7.15. The normalized spacial score (nSPS) is 14.4. The Hall–Kier alpha value is -4.06. The summed E-state index contributed by atoms with van der Waals surface area (Å²) in [6, 6.07) is 10.9. The molecule has 0 spiro atoms. The van der Waals surface area contributed by atoms with Gasteiger partial charge in [-0.3, -0.25) is 9.69 Å². The van der Waals surface area contributed by atoms with Crippen molar-refractivity contribution in [2.45, 2.75) is 58.7 Å². The molecule has 3 heterocycles. The smallest absolute Gasteiger partial charge is 0.410 e. The van der Waals surface area contributed by atoms with Gasteiger partial charge in [-0.2, -0.15) is 0 Å². The first-order valence-electron chi connectivity index (χ1n) is 12.0. The highest BCUT2D eigenvalue weighted by molar-refractivity contribution is 6.05. The van der Waals surface area contributed by atoms with Crippen molar-refractivity contribution in [2.75, 3.05) is 18.0 Å². The summed E-state index contributed by atoms with van der Waals surface area (Å²) >= 11 is 0. The fourth-order valence-corrected chi connectivity index (χ4v) is 4.23. The number of amides is 2. The highest BCUT2D eigenvalue weighted by Crippen LogP contribution is 2.27. The molecule has 9 heteroatoms. The summed E-state index contributed by atoms with van der Waals surface area (Å²) in [6.45, 7) is 8.72. The molecule has 1 aromatic carbocycles. The third kappa shape index (κ3) is 5.60. The lowest BCUT2D eigenvalue weighted by atomic mass is 10.1. The minimum atomic E-state index is -0.535. The molecule has 2 amide bonds. The molecule has 2 aromatic heterocycles. The molecule has 0 unspecified atom stereocenters. The SMILES string of the molecule is C#Cc1cccc(N(Cc2ccco2)C(=O)c2nnn(C3CCN(C(=O)OC(C)(C)C)CC3)c2C)c1. The number of furan rings is 1. The zero-order valence-corrected chi connectivity index (χ0v) is 21.1. The first-order valence-corrected chi connectivity index (χ1v) is 12.0. The van der Waals surface area contributed by atoms with E-state index in [1.165, 1.54) is 0 Å². The molecule has 1 aliphatic heterocycles. The van der Waals surface area contributed by atoms with Crippen LogP contribution in [0.5, 0.6) is 0 Å². The molecular formula is C27H31N5O4. The van der Waals surface area contributed by atoms with Crippen molar-refractivity contribution in [1.82, 2.24) is 19.9 Å². The number of piperidine rings is 1. The summed E-state index contributed by atoms with van der Waals surface area (Å²) in [5, 5.41) is 8.58. The van der Waals surface area contributed by atoms with Gasteiger partial charge in [0.15, 0.2) is 5.69 Å². The molecule has 0 N–H and O–H groups in total. The van der Waals surface area contributed by atoms with Crippen LogP contribution in [0.4, 0.5) is 10.5 Å². The lowest BCUT2D eigenvalue weighted by Crippen LogP contribution is -2.42. The van der Waals surface area contributed by atoms with Gasteiger partial charge in [0.05, 0.1) is 24.5 Å². The number of terminal acetylenes is 1. The number of carbonyl (C=O) groups is 2. The maximum Gasteiger partial charge on any atom is 0.410 e. The number of benzene rings is 1. The lowest BCUT2D eigenvalue weighted by molar-refractivity contribution is 0.0183. The van der Waals surface area contributed by atoms with Crippen molar-refractivity contribution in [3.05, 3.63) is 65.4 Å². The highest BCUT2D eigenvalue weighted by Gasteiger charge is 2.31. The van der Waals surface area contributed by atoms with E-state index in [1.54, 1.807) is 32.9 Å². The molecule has 0 atom stereocenters. The highest BCUT2D eigenvalue weighted by atomic mass is 16.6. The molecule has 188 valence electrons. The number of hydrogen-bond acceptors (Lipinski definition) is 6. The van der Waals surface area contributed by atoms with Gasteiger partial charge in [0.2, 0.25) is 0 Å². The topological polar surface area (TPSA) is 93.7 Å². The van der Waals surface area contributed by atoms with Gasteiger partial charge >= 0.3 is 6.09 Å². The number of ether oxygens (including phenoxy) is 1. The Morgan fingerprint density at radius 2 is 1.97 bits per heavy atom. The van der Waals surface area contributed by atoms with E-state index in [4.69, 9.17) is 15.6 Å². The fourth-order valence-electron chi connectivity index (χ4n) is 4.23. The van der Waals surface area contributed by atoms with E-state index in [9.17, 15) is 9.59 Å². The minimum absolute atomic E-state index is 0.0287. The van der Waals surface area contributed by atoms with Crippen LogP contribution in [0.15, 0.2) is 47.1 Å². The summed E-state index contributed by atoms with van der Waals surface area (Å²) in [5.74, 6) is 2.95. The Balaban J connectivity index is 1.53. The van der Waals surface area contributed by atoms with Crippen molar-refractivity contribution < 1.29 is 18.7 Å². The second-order valence-corrected chi connectivity index (χ2v) is 9.83. The fraction of sp³-hybridized carbons (Fsp3) is 0.407. The van der Waals surface area contributed by atoms with Gasteiger partial charge in [-0.25, -0.2) is 9.48 Å². The lowest BCUT2D eigenvalue weighted by Gasteiger charge is -2.33. The number of carbonyl (C=O) groups excluding carboxylic acids is 2. The van der Waals surface area contributed by atoms with Gasteiger partial charge in [0.25, 0.3) is 5.91 Å². The molecule has 1 saturated heterocycles. The van der Waals surface area contributed by atoms with Crippen molar-refractivity contribution in [1.29, 1.82) is 0 Å². The molecule has 0 bridgehead atoms. The number of hydrogen-bond donors (Lipinski definition) is 0. The molecule has 1 fully saturated rings. The van der Waals surface area contributed by atoms with Gasteiger partial charge in [-0.1, -0.05) is 17.2 Å². The van der Waals surface area contributed by atoms with Crippen molar-refractivity contribution in [2.24, 2.45) is 0 Å². The van der Waals surface area contributed by atoms with Gasteiger partial charge in [-0.15, -0.1) is 11.5 Å². The van der Waals surface area contributed by atoms with E-state index in [0.29, 0.717) is 48.6 Å². The molecular weight excluding hydrogens is 458 g/mol. The molecule has 1 aliphatic rings. The number of anilines is 1. The number of likely N-dealkylation sites (tertiary alicyclic amines) is 1. The van der Waals surface area contributed by atoms with Crippen LogP contribution in [0.25, 0.3) is 0 Å². The van der Waals surface area contributed by atoms with Gasteiger partial charge in [-0.05, 0) is 70.9 Å². The molecule has 0 radical (unpaired) electrons. The Morgan fingerprint density at radius 3 is 2.61 bits per heavy atom. The minimum Gasteiger partial charge on any atom is -0.467 e. The molecule has 36 heavy (non-hydrogen) atoms. The first-order chi connectivity index (χ1) is 17.2. The molecule has 4 rings (SSSR count). The third-order valence-corrected chi connectivity index (χ3v) is 6.06. The summed E-state index contributed by atoms with van der Waals surface area (Å²) < 4.78 is 12.8. The molecule has 0 saturated carbocycles. The second-order valence-electron chi connectivity index (χ2n) is 9.83. The maximum atomic E-state index is 13.7. The summed E-state index contributed by atoms with van der Waals surface area (Å²) in [7, 11) is 0. The largest absolute Gasteiger partial charge is 0.467 e. The molecule has 9 nitrogen and oxygen atoms in total. The van der Waals surface area contributed by atoms with Crippen LogP contribution >= 0.6 is 0 Å². The van der Waals surface area contributed by atoms with Crippen LogP contribution in [0.2, 0.25) is 0 Å². The second kappa shape index (κ2) is 10.3. The Morgan fingerprint density at radius 1 is 1.22 bits per heavy atom. The number of rotatable bonds is 5. The van der Waals surface area contributed by atoms with Crippen LogP contribution < -0.4 is 4.90 Å². The molecule has 3 aromatic rings. The van der Waals surface area contributed by atoms with Crippen LogP contribution in [0.3, 0.4) is 0 Å². The monoisotopic (exact) mass is 489 g/mol. The van der Waals surface area contributed by atoms with Crippen molar-refractivity contribution in [3.63, 3.8) is 0 Å². The van der Waals surface area contributed by atoms with Crippen LogP contribution in [0.1, 0.15) is 67.2 Å². The summed E-state index contributed by atoms with van der Waals surface area (Å²) in [6.07, 6.45) is 8.22. The van der Waals surface area contributed by atoms with E-state index in [0.717, 1.165) is 0 Å². The van der Waals surface area contributed by atoms with Crippen LogP contribution in [-0.4, -0.2) is 50.6 Å². The van der Waals surface area contributed by atoms with E-state index in [1.807, 2.05) is 52.0 Å². The van der Waals surface area contributed by atoms with Crippen LogP contribution in [0, 0.1) is 19.3 Å². The maximum absolute atomic E-state index is 13.7. The van der Waals surface area contributed by atoms with Gasteiger partial charge < -0.3 is 14.1 Å². The number of nitrogens with zero attached hydrogens (tertiary/aromatic N) is 5. The van der Waals surface area contributed by atoms with Crippen molar-refractivity contribution in [3.8, 4) is 12.3 Å². The number of aromatic nitrogens is 3. The summed E-state index contributed by atoms with van der Waals surface area (Å²) in [5.41, 5.74) is 1.72. The van der Waals surface area contributed by atoms with Crippen LogP contribution in [-0.2, 0) is 11.3 Å². The van der Waals surface area contributed by atoms with Crippen molar-refractivity contribution >= 4 is 17.7 Å². The molecule has 0 aliphatic carbocycles. The van der Waals surface area contributed by atoms with E-state index in [2.05, 4.69) is 16.2 Å². The van der Waals surface area contributed by atoms with E-state index in [-0.39, 0.29) is 30.3 Å². The van der Waals surface area contributed by atoms with E-state index < -0.39 is 5.60 Å². The van der Waals surface area contributed by atoms with E-state index >= 15 is 0 Å². The predicted octanol–water partition coefficient (Wildman–Crippen LogP) is 4.58. The van der Waals surface area contributed by atoms with Gasteiger partial charge in [0, 0.05) is 24.3 Å². The average Bonchev–Trinajstić information content (AvgIpc) is 3.51. The quantitative estimate of drug-likeness (QED) is 0.487. The third-order valence-electron chi connectivity index (χ3n) is 6.06. The van der Waals surface area contributed by atoms with Gasteiger partial charge in [0.1, 0.15) is 11.4 Å². The zero-order valence-electron chi connectivity index (χ0n) is 21.1.